The number of fused-ring (bicyclic) bond motifs is 1. The first-order valence-corrected chi connectivity index (χ1v) is 8.02. The smallest absolute Gasteiger partial charge is 0.125 e. The zero-order valence-corrected chi connectivity index (χ0v) is 12.4. The second kappa shape index (κ2) is 6.13. The first-order chi connectivity index (χ1) is 9.78. The zero-order valence-electron chi connectivity index (χ0n) is 11.6. The summed E-state index contributed by atoms with van der Waals surface area (Å²) in [6, 6.07) is 4.79. The molecule has 0 amide bonds. The van der Waals surface area contributed by atoms with E-state index in [1.807, 2.05) is 6.07 Å². The summed E-state index contributed by atoms with van der Waals surface area (Å²) >= 11 is 5.97. The van der Waals surface area contributed by atoms with E-state index in [1.54, 1.807) is 0 Å². The Labute approximate surface area is 123 Å². The van der Waals surface area contributed by atoms with Crippen LogP contribution in [0.15, 0.2) is 18.2 Å². The molecule has 1 aliphatic rings. The van der Waals surface area contributed by atoms with E-state index in [0.717, 1.165) is 30.2 Å². The Bertz CT molecular complexity index is 587. The minimum Gasteiger partial charge on any atom is -0.327 e. The van der Waals surface area contributed by atoms with E-state index >= 15 is 0 Å². The van der Waals surface area contributed by atoms with Gasteiger partial charge in [-0.1, -0.05) is 25.7 Å². The molecular weight excluding hydrogens is 275 g/mol. The van der Waals surface area contributed by atoms with Crippen LogP contribution in [0.25, 0.3) is 11.0 Å². The fourth-order valence-corrected chi connectivity index (χ4v) is 3.55. The van der Waals surface area contributed by atoms with Crippen LogP contribution in [0.5, 0.6) is 0 Å². The van der Waals surface area contributed by atoms with Gasteiger partial charge in [-0.05, 0) is 30.9 Å². The van der Waals surface area contributed by atoms with Crippen molar-refractivity contribution < 1.29 is 4.39 Å². The molecule has 1 saturated carbocycles. The van der Waals surface area contributed by atoms with Crippen LogP contribution in [-0.4, -0.2) is 9.55 Å². The van der Waals surface area contributed by atoms with Crippen molar-refractivity contribution in [3.8, 4) is 0 Å². The highest BCUT2D eigenvalue weighted by Crippen LogP contribution is 2.29. The molecule has 20 heavy (non-hydrogen) atoms. The number of alkyl halides is 1. The molecule has 2 aromatic rings. The summed E-state index contributed by atoms with van der Waals surface area (Å²) < 4.78 is 15.4. The van der Waals surface area contributed by atoms with Crippen LogP contribution in [-0.2, 0) is 12.4 Å². The van der Waals surface area contributed by atoms with Crippen molar-refractivity contribution in [2.75, 3.05) is 0 Å². The molecule has 0 aliphatic heterocycles. The minimum atomic E-state index is -0.241. The van der Waals surface area contributed by atoms with Gasteiger partial charge in [0.25, 0.3) is 0 Å². The van der Waals surface area contributed by atoms with Gasteiger partial charge < -0.3 is 4.57 Å². The van der Waals surface area contributed by atoms with Crippen molar-refractivity contribution in [2.45, 2.75) is 50.9 Å². The van der Waals surface area contributed by atoms with E-state index in [-0.39, 0.29) is 5.82 Å². The maximum atomic E-state index is 13.3. The number of hydrogen-bond donors (Lipinski definition) is 0. The van der Waals surface area contributed by atoms with Gasteiger partial charge in [-0.15, -0.1) is 11.6 Å². The van der Waals surface area contributed by atoms with E-state index in [4.69, 9.17) is 11.6 Å². The van der Waals surface area contributed by atoms with Crippen molar-refractivity contribution in [1.29, 1.82) is 0 Å². The van der Waals surface area contributed by atoms with Crippen molar-refractivity contribution in [2.24, 2.45) is 5.92 Å². The third-order valence-corrected chi connectivity index (χ3v) is 4.62. The van der Waals surface area contributed by atoms with Crippen LogP contribution >= 0.6 is 11.6 Å². The van der Waals surface area contributed by atoms with Crippen LogP contribution in [0.2, 0.25) is 0 Å². The number of benzene rings is 1. The highest BCUT2D eigenvalue weighted by molar-refractivity contribution is 6.16. The lowest BCUT2D eigenvalue weighted by Gasteiger charge is -2.11. The second-order valence-electron chi connectivity index (χ2n) is 5.74. The summed E-state index contributed by atoms with van der Waals surface area (Å²) in [6.45, 7) is 0.931. The van der Waals surface area contributed by atoms with Crippen molar-refractivity contribution >= 4 is 22.6 Å². The van der Waals surface area contributed by atoms with Crippen molar-refractivity contribution in [3.05, 3.63) is 29.8 Å². The summed E-state index contributed by atoms with van der Waals surface area (Å²) in [6.07, 6.45) is 7.99. The predicted molar refractivity (Wildman–Crippen MR) is 80.4 cm³/mol. The molecule has 0 saturated heterocycles. The molecule has 1 fully saturated rings. The molecule has 4 heteroatoms. The molecule has 3 rings (SSSR count). The van der Waals surface area contributed by atoms with E-state index < -0.39 is 0 Å². The number of aryl methyl sites for hydroxylation is 1. The molecule has 1 aromatic carbocycles. The van der Waals surface area contributed by atoms with Crippen LogP contribution in [0.4, 0.5) is 4.39 Å². The van der Waals surface area contributed by atoms with Crippen LogP contribution in [0, 0.1) is 11.7 Å². The number of nitrogens with zero attached hydrogens (tertiary/aromatic N) is 2. The Morgan fingerprint density at radius 2 is 2.10 bits per heavy atom. The maximum absolute atomic E-state index is 13.3. The van der Waals surface area contributed by atoms with Crippen molar-refractivity contribution in [3.63, 3.8) is 0 Å². The summed E-state index contributed by atoms with van der Waals surface area (Å²) in [5.41, 5.74) is 1.70. The largest absolute Gasteiger partial charge is 0.327 e. The molecule has 0 bridgehead atoms. The van der Waals surface area contributed by atoms with Crippen LogP contribution in [0.1, 0.15) is 44.3 Å². The Balaban J connectivity index is 1.75. The number of hydrogen-bond acceptors (Lipinski definition) is 1. The molecule has 1 aliphatic carbocycles. The Morgan fingerprint density at radius 1 is 1.30 bits per heavy atom. The zero-order chi connectivity index (χ0) is 13.9. The molecule has 108 valence electrons. The monoisotopic (exact) mass is 294 g/mol. The highest BCUT2D eigenvalue weighted by atomic mass is 35.5. The van der Waals surface area contributed by atoms with Gasteiger partial charge in [-0.2, -0.15) is 0 Å². The maximum Gasteiger partial charge on any atom is 0.125 e. The standard InChI is InChI=1S/C16H20ClFN2/c17-11-16-19-14-10-13(18)7-8-15(14)20(16)9-3-6-12-4-1-2-5-12/h7-8,10,12H,1-6,9,11H2. The molecule has 1 aromatic heterocycles. The topological polar surface area (TPSA) is 17.8 Å². The molecule has 0 radical (unpaired) electrons. The number of imidazole rings is 1. The fourth-order valence-electron chi connectivity index (χ4n) is 3.34. The van der Waals surface area contributed by atoms with Gasteiger partial charge in [-0.25, -0.2) is 9.37 Å². The minimum absolute atomic E-state index is 0.241. The molecular formula is C16H20ClFN2. The fraction of sp³-hybridized carbons (Fsp3) is 0.562. The summed E-state index contributed by atoms with van der Waals surface area (Å²) in [5.74, 6) is 1.88. The molecule has 0 atom stereocenters. The average Bonchev–Trinajstić information content (AvgIpc) is 3.06. The van der Waals surface area contributed by atoms with Crippen LogP contribution in [0.3, 0.4) is 0 Å². The third kappa shape index (κ3) is 2.83. The van der Waals surface area contributed by atoms with E-state index in [0.29, 0.717) is 11.4 Å². The van der Waals surface area contributed by atoms with Crippen molar-refractivity contribution in [1.82, 2.24) is 9.55 Å². The average molecular weight is 295 g/mol. The van der Waals surface area contributed by atoms with Gasteiger partial charge in [0.15, 0.2) is 0 Å². The van der Waals surface area contributed by atoms with E-state index in [1.165, 1.54) is 44.2 Å². The van der Waals surface area contributed by atoms with Gasteiger partial charge in [0.1, 0.15) is 11.6 Å². The summed E-state index contributed by atoms with van der Waals surface area (Å²) in [7, 11) is 0. The lowest BCUT2D eigenvalue weighted by Crippen LogP contribution is -2.04. The lowest BCUT2D eigenvalue weighted by atomic mass is 10.0. The first kappa shape index (κ1) is 13.9. The molecule has 1 heterocycles. The van der Waals surface area contributed by atoms with Gasteiger partial charge in [0, 0.05) is 12.6 Å². The van der Waals surface area contributed by atoms with Crippen LogP contribution < -0.4 is 0 Å². The molecule has 2 nitrogen and oxygen atoms in total. The Hall–Kier alpha value is -1.09. The number of halogens is 2. The van der Waals surface area contributed by atoms with Gasteiger partial charge in [-0.3, -0.25) is 0 Å². The molecule has 0 N–H and O–H groups in total. The normalized spacial score (nSPS) is 16.3. The Morgan fingerprint density at radius 3 is 2.85 bits per heavy atom. The SMILES string of the molecule is Fc1ccc2c(c1)nc(CCl)n2CCCC1CCCC1. The van der Waals surface area contributed by atoms with Gasteiger partial charge in [0.05, 0.1) is 16.9 Å². The molecule has 0 spiro atoms. The second-order valence-corrected chi connectivity index (χ2v) is 6.01. The predicted octanol–water partition coefficient (Wildman–Crippen LogP) is 4.88. The van der Waals surface area contributed by atoms with Gasteiger partial charge in [0.2, 0.25) is 0 Å². The Kier molecular flexibility index (Phi) is 4.25. The van der Waals surface area contributed by atoms with Gasteiger partial charge >= 0.3 is 0 Å². The first-order valence-electron chi connectivity index (χ1n) is 7.48. The number of rotatable bonds is 5. The number of aromatic nitrogens is 2. The third-order valence-electron chi connectivity index (χ3n) is 4.38. The van der Waals surface area contributed by atoms with E-state index in [9.17, 15) is 4.39 Å². The molecule has 0 unspecified atom stereocenters. The quantitative estimate of drug-likeness (QED) is 0.718. The summed E-state index contributed by atoms with van der Waals surface area (Å²) in [4.78, 5) is 4.43. The lowest BCUT2D eigenvalue weighted by molar-refractivity contribution is 0.459. The summed E-state index contributed by atoms with van der Waals surface area (Å²) in [5, 5.41) is 0. The highest BCUT2D eigenvalue weighted by Gasteiger charge is 2.15. The van der Waals surface area contributed by atoms with E-state index in [2.05, 4.69) is 9.55 Å².